The van der Waals surface area contributed by atoms with E-state index in [4.69, 9.17) is 17.4 Å². The molecule has 1 heterocycles. The Morgan fingerprint density at radius 1 is 1.21 bits per heavy atom. The molecule has 6 nitrogen and oxygen atoms in total. The fourth-order valence-electron chi connectivity index (χ4n) is 3.29. The van der Waals surface area contributed by atoms with Crippen LogP contribution in [0.2, 0.25) is 5.02 Å². The molecule has 1 aliphatic rings. The third-order valence-corrected chi connectivity index (χ3v) is 6.18. The highest BCUT2D eigenvalue weighted by Gasteiger charge is 2.21. The molecule has 28 heavy (non-hydrogen) atoms. The Balaban J connectivity index is 1.46. The molecule has 1 aromatic heterocycles. The normalized spacial score (nSPS) is 13.9. The molecule has 3 aromatic rings. The average Bonchev–Trinajstić information content (AvgIpc) is 3.29. The molecule has 4 rings (SSSR count). The maximum atomic E-state index is 12.6. The van der Waals surface area contributed by atoms with E-state index in [9.17, 15) is 4.79 Å². The topological polar surface area (TPSA) is 85.8 Å². The highest BCUT2D eigenvalue weighted by atomic mass is 35.5. The largest absolute Gasteiger partial charge is 0.335 e. The molecule has 0 saturated heterocycles. The Morgan fingerprint density at radius 3 is 2.82 bits per heavy atom. The number of nitrogen functional groups attached to an aromatic ring is 1. The van der Waals surface area contributed by atoms with Gasteiger partial charge in [0.1, 0.15) is 0 Å². The first-order chi connectivity index (χ1) is 13.5. The second-order valence-electron chi connectivity index (χ2n) is 6.74. The van der Waals surface area contributed by atoms with E-state index >= 15 is 0 Å². The van der Waals surface area contributed by atoms with Crippen molar-refractivity contribution in [3.63, 3.8) is 0 Å². The average molecular weight is 414 g/mol. The van der Waals surface area contributed by atoms with E-state index < -0.39 is 0 Å². The predicted molar refractivity (Wildman–Crippen MR) is 113 cm³/mol. The quantitative estimate of drug-likeness (QED) is 0.489. The number of nitrogens with zero attached hydrogens (tertiary/aromatic N) is 3. The Hall–Kier alpha value is -2.51. The van der Waals surface area contributed by atoms with Gasteiger partial charge < -0.3 is 11.2 Å². The number of benzene rings is 2. The predicted octanol–water partition coefficient (Wildman–Crippen LogP) is 3.92. The highest BCUT2D eigenvalue weighted by molar-refractivity contribution is 8.00. The molecule has 0 saturated carbocycles. The zero-order valence-corrected chi connectivity index (χ0v) is 16.9. The molecule has 0 bridgehead atoms. The van der Waals surface area contributed by atoms with Crippen LogP contribution in [0.3, 0.4) is 0 Å². The van der Waals surface area contributed by atoms with Gasteiger partial charge in [-0.1, -0.05) is 41.6 Å². The van der Waals surface area contributed by atoms with Crippen LogP contribution in [0.1, 0.15) is 24.5 Å². The molecule has 0 unspecified atom stereocenters. The molecule has 2 aromatic carbocycles. The molecule has 1 aliphatic carbocycles. The summed E-state index contributed by atoms with van der Waals surface area (Å²) in [7, 11) is 0. The Labute approximate surface area is 172 Å². The first kappa shape index (κ1) is 18.8. The molecule has 0 radical (unpaired) electrons. The maximum absolute atomic E-state index is 12.6. The first-order valence-corrected chi connectivity index (χ1v) is 10.3. The van der Waals surface area contributed by atoms with Crippen LogP contribution in [0, 0.1) is 0 Å². The summed E-state index contributed by atoms with van der Waals surface area (Å²) in [6, 6.07) is 13.4. The lowest BCUT2D eigenvalue weighted by Crippen LogP contribution is -2.23. The summed E-state index contributed by atoms with van der Waals surface area (Å²) in [6.45, 7) is 1.82. The zero-order chi connectivity index (χ0) is 19.7. The van der Waals surface area contributed by atoms with Crippen molar-refractivity contribution in [2.45, 2.75) is 36.6 Å². The number of aryl methyl sites for hydroxylation is 2. The van der Waals surface area contributed by atoms with Crippen molar-refractivity contribution in [1.29, 1.82) is 0 Å². The zero-order valence-electron chi connectivity index (χ0n) is 15.4. The van der Waals surface area contributed by atoms with Crippen LogP contribution in [-0.2, 0) is 17.6 Å². The monoisotopic (exact) mass is 413 g/mol. The van der Waals surface area contributed by atoms with Gasteiger partial charge in [-0.05, 0) is 61.6 Å². The minimum atomic E-state index is -0.390. The molecule has 0 aliphatic heterocycles. The smallest absolute Gasteiger partial charge is 0.237 e. The second kappa shape index (κ2) is 7.85. The number of halogens is 1. The van der Waals surface area contributed by atoms with Crippen molar-refractivity contribution in [2.75, 3.05) is 11.2 Å². The Bertz CT molecular complexity index is 1040. The van der Waals surface area contributed by atoms with Gasteiger partial charge in [0.15, 0.2) is 5.82 Å². The van der Waals surface area contributed by atoms with Gasteiger partial charge in [0.2, 0.25) is 11.1 Å². The third kappa shape index (κ3) is 3.72. The molecule has 3 N–H and O–H groups in total. The third-order valence-electron chi connectivity index (χ3n) is 4.80. The van der Waals surface area contributed by atoms with Crippen molar-refractivity contribution in [2.24, 2.45) is 0 Å². The number of carbonyl (C=O) groups excluding carboxylic acids is 1. The van der Waals surface area contributed by atoms with E-state index in [-0.39, 0.29) is 11.2 Å². The summed E-state index contributed by atoms with van der Waals surface area (Å²) < 4.78 is 1.37. The van der Waals surface area contributed by atoms with Gasteiger partial charge in [-0.15, -0.1) is 10.2 Å². The van der Waals surface area contributed by atoms with Crippen molar-refractivity contribution in [3.05, 3.63) is 58.6 Å². The summed E-state index contributed by atoms with van der Waals surface area (Å²) in [5.74, 6) is 6.50. The summed E-state index contributed by atoms with van der Waals surface area (Å²) in [4.78, 5) is 12.6. The molecule has 8 heteroatoms. The number of nitrogens with two attached hydrogens (primary N) is 1. The maximum Gasteiger partial charge on any atom is 0.237 e. The lowest BCUT2D eigenvalue weighted by Gasteiger charge is -2.12. The van der Waals surface area contributed by atoms with Crippen LogP contribution in [0.4, 0.5) is 5.69 Å². The standard InChI is InChI=1S/C20H20ClN5OS/c1-12(19(27)23-15-10-9-13-5-4-6-14(13)11-15)28-20-25-24-18(26(20)22)16-7-2-3-8-17(16)21/h2-3,7-12H,4-6,22H2,1H3,(H,23,27)/t12-/m0/s1. The van der Waals surface area contributed by atoms with Gasteiger partial charge in [-0.25, -0.2) is 4.68 Å². The number of rotatable bonds is 5. The number of thioether (sulfide) groups is 1. The van der Waals surface area contributed by atoms with Gasteiger partial charge in [0.05, 0.1) is 10.3 Å². The molecule has 1 atom stereocenters. The van der Waals surface area contributed by atoms with E-state index in [1.165, 1.54) is 34.0 Å². The van der Waals surface area contributed by atoms with E-state index in [1.54, 1.807) is 6.07 Å². The Morgan fingerprint density at radius 2 is 2.00 bits per heavy atom. The Kier molecular flexibility index (Phi) is 5.28. The van der Waals surface area contributed by atoms with Crippen LogP contribution in [0.25, 0.3) is 11.4 Å². The molecular formula is C20H20ClN5OS. The SMILES string of the molecule is C[C@H](Sc1nnc(-c2ccccc2Cl)n1N)C(=O)Nc1ccc2c(c1)CCC2. The van der Waals surface area contributed by atoms with Crippen LogP contribution >= 0.6 is 23.4 Å². The molecule has 144 valence electrons. The van der Waals surface area contributed by atoms with Gasteiger partial charge >= 0.3 is 0 Å². The number of nitrogens with one attached hydrogen (secondary N) is 1. The number of hydrogen-bond acceptors (Lipinski definition) is 5. The second-order valence-corrected chi connectivity index (χ2v) is 8.46. The molecular weight excluding hydrogens is 394 g/mol. The minimum Gasteiger partial charge on any atom is -0.335 e. The fourth-order valence-corrected chi connectivity index (χ4v) is 4.28. The number of hydrogen-bond donors (Lipinski definition) is 2. The van der Waals surface area contributed by atoms with E-state index in [2.05, 4.69) is 27.6 Å². The van der Waals surface area contributed by atoms with Crippen LogP contribution in [0.5, 0.6) is 0 Å². The van der Waals surface area contributed by atoms with Crippen molar-refractivity contribution >= 4 is 35.0 Å². The lowest BCUT2D eigenvalue weighted by molar-refractivity contribution is -0.115. The van der Waals surface area contributed by atoms with Crippen LogP contribution in [0.15, 0.2) is 47.6 Å². The summed E-state index contributed by atoms with van der Waals surface area (Å²) in [6.07, 6.45) is 3.37. The van der Waals surface area contributed by atoms with Crippen molar-refractivity contribution < 1.29 is 4.79 Å². The van der Waals surface area contributed by atoms with Crippen molar-refractivity contribution in [3.8, 4) is 11.4 Å². The van der Waals surface area contributed by atoms with Gasteiger partial charge in [-0.2, -0.15) is 0 Å². The van der Waals surface area contributed by atoms with Gasteiger partial charge in [-0.3, -0.25) is 4.79 Å². The fraction of sp³-hybridized carbons (Fsp3) is 0.250. The highest BCUT2D eigenvalue weighted by Crippen LogP contribution is 2.30. The van der Waals surface area contributed by atoms with E-state index in [1.807, 2.05) is 31.2 Å². The summed E-state index contributed by atoms with van der Waals surface area (Å²) in [5.41, 5.74) is 4.22. The molecule has 0 fully saturated rings. The molecule has 0 spiro atoms. The number of fused-ring (bicyclic) bond motifs is 1. The van der Waals surface area contributed by atoms with E-state index in [0.29, 0.717) is 21.6 Å². The number of carbonyl (C=O) groups is 1. The summed E-state index contributed by atoms with van der Waals surface area (Å²) >= 11 is 7.47. The van der Waals surface area contributed by atoms with Crippen LogP contribution < -0.4 is 11.2 Å². The van der Waals surface area contributed by atoms with Crippen molar-refractivity contribution in [1.82, 2.24) is 14.9 Å². The lowest BCUT2D eigenvalue weighted by atomic mass is 10.1. The number of anilines is 1. The van der Waals surface area contributed by atoms with Gasteiger partial charge in [0.25, 0.3) is 0 Å². The number of aromatic nitrogens is 3. The summed E-state index contributed by atoms with van der Waals surface area (Å²) in [5, 5.41) is 11.8. The van der Waals surface area contributed by atoms with E-state index in [0.717, 1.165) is 18.5 Å². The van der Waals surface area contributed by atoms with Gasteiger partial charge in [0, 0.05) is 11.3 Å². The minimum absolute atomic E-state index is 0.106. The first-order valence-electron chi connectivity index (χ1n) is 9.07. The number of amides is 1. The molecule has 1 amide bonds. The van der Waals surface area contributed by atoms with Crippen LogP contribution in [-0.4, -0.2) is 26.0 Å².